The predicted molar refractivity (Wildman–Crippen MR) is 82.5 cm³/mol. The lowest BCUT2D eigenvalue weighted by Gasteiger charge is -2.19. The standard InChI is InChI=1S/C15H21ClN2O3/c1-4-18(5-2)13(19)10-17-15(20)14(16)11-6-8-12(21-3)9-7-11/h6-9,14H,4-5,10H2,1-3H3,(H,17,20). The summed E-state index contributed by atoms with van der Waals surface area (Å²) in [7, 11) is 1.57. The molecule has 0 spiro atoms. The normalized spacial score (nSPS) is 11.6. The number of nitrogens with zero attached hydrogens (tertiary/aromatic N) is 1. The van der Waals surface area contributed by atoms with E-state index >= 15 is 0 Å². The Balaban J connectivity index is 2.56. The van der Waals surface area contributed by atoms with Gasteiger partial charge in [0.1, 0.15) is 11.1 Å². The fraction of sp³-hybridized carbons (Fsp3) is 0.467. The number of methoxy groups -OCH3 is 1. The molecule has 0 fully saturated rings. The molecule has 1 unspecified atom stereocenters. The van der Waals surface area contributed by atoms with Crippen LogP contribution in [0.5, 0.6) is 5.75 Å². The number of benzene rings is 1. The van der Waals surface area contributed by atoms with Gasteiger partial charge in [0.15, 0.2) is 0 Å². The summed E-state index contributed by atoms with van der Waals surface area (Å²) < 4.78 is 5.05. The monoisotopic (exact) mass is 312 g/mol. The molecule has 0 aliphatic rings. The Morgan fingerprint density at radius 2 is 1.81 bits per heavy atom. The number of hydrogen-bond donors (Lipinski definition) is 1. The Bertz CT molecular complexity index is 472. The van der Waals surface area contributed by atoms with E-state index in [-0.39, 0.29) is 18.4 Å². The lowest BCUT2D eigenvalue weighted by Crippen LogP contribution is -2.40. The summed E-state index contributed by atoms with van der Waals surface area (Å²) in [6, 6.07) is 6.92. The molecule has 1 atom stereocenters. The van der Waals surface area contributed by atoms with Crippen LogP contribution in [0.15, 0.2) is 24.3 Å². The van der Waals surface area contributed by atoms with Crippen molar-refractivity contribution >= 4 is 23.4 Å². The van der Waals surface area contributed by atoms with Gasteiger partial charge >= 0.3 is 0 Å². The van der Waals surface area contributed by atoms with E-state index in [9.17, 15) is 9.59 Å². The third kappa shape index (κ3) is 4.93. The lowest BCUT2D eigenvalue weighted by atomic mass is 10.1. The molecule has 21 heavy (non-hydrogen) atoms. The van der Waals surface area contributed by atoms with Crippen LogP contribution in [0, 0.1) is 0 Å². The van der Waals surface area contributed by atoms with Crippen LogP contribution in [-0.2, 0) is 9.59 Å². The second-order valence-electron chi connectivity index (χ2n) is 4.42. The molecule has 0 aliphatic carbocycles. The summed E-state index contributed by atoms with van der Waals surface area (Å²) >= 11 is 6.11. The van der Waals surface area contributed by atoms with Crippen molar-refractivity contribution in [1.82, 2.24) is 10.2 Å². The second kappa shape index (κ2) is 8.52. The van der Waals surface area contributed by atoms with Crippen molar-refractivity contribution in [1.29, 1.82) is 0 Å². The molecule has 2 amide bonds. The Morgan fingerprint density at radius 1 is 1.24 bits per heavy atom. The van der Waals surface area contributed by atoms with E-state index in [2.05, 4.69) is 5.32 Å². The van der Waals surface area contributed by atoms with Crippen molar-refractivity contribution in [3.8, 4) is 5.75 Å². The van der Waals surface area contributed by atoms with E-state index in [1.165, 1.54) is 0 Å². The van der Waals surface area contributed by atoms with Crippen LogP contribution in [0.3, 0.4) is 0 Å². The number of amides is 2. The van der Waals surface area contributed by atoms with Gasteiger partial charge < -0.3 is 15.0 Å². The van der Waals surface area contributed by atoms with E-state index < -0.39 is 5.38 Å². The third-order valence-corrected chi connectivity index (χ3v) is 3.62. The second-order valence-corrected chi connectivity index (χ2v) is 4.86. The number of ether oxygens (including phenoxy) is 1. The maximum atomic E-state index is 12.0. The predicted octanol–water partition coefficient (Wildman–Crippen LogP) is 1.96. The van der Waals surface area contributed by atoms with Crippen LogP contribution in [0.4, 0.5) is 0 Å². The molecule has 1 aromatic carbocycles. The first-order valence-corrected chi connectivity index (χ1v) is 7.30. The van der Waals surface area contributed by atoms with E-state index in [4.69, 9.17) is 16.3 Å². The average molecular weight is 313 g/mol. The first-order valence-electron chi connectivity index (χ1n) is 6.86. The Hall–Kier alpha value is -1.75. The number of rotatable bonds is 7. The summed E-state index contributed by atoms with van der Waals surface area (Å²) in [4.78, 5) is 25.4. The zero-order valence-electron chi connectivity index (χ0n) is 12.6. The number of halogens is 1. The van der Waals surface area contributed by atoms with Crippen LogP contribution >= 0.6 is 11.6 Å². The van der Waals surface area contributed by atoms with E-state index in [1.807, 2.05) is 13.8 Å². The zero-order valence-corrected chi connectivity index (χ0v) is 13.3. The van der Waals surface area contributed by atoms with E-state index in [1.54, 1.807) is 36.3 Å². The van der Waals surface area contributed by atoms with Crippen LogP contribution in [0.2, 0.25) is 0 Å². The first-order chi connectivity index (χ1) is 10.0. The highest BCUT2D eigenvalue weighted by molar-refractivity contribution is 6.30. The number of nitrogens with one attached hydrogen (secondary N) is 1. The summed E-state index contributed by atoms with van der Waals surface area (Å²) in [6.45, 7) is 4.98. The molecule has 116 valence electrons. The quantitative estimate of drug-likeness (QED) is 0.783. The molecule has 0 aromatic heterocycles. The largest absolute Gasteiger partial charge is 0.497 e. The summed E-state index contributed by atoms with van der Waals surface area (Å²) in [6.07, 6.45) is 0. The SMILES string of the molecule is CCN(CC)C(=O)CNC(=O)C(Cl)c1ccc(OC)cc1. The van der Waals surface area contributed by atoms with E-state index in [0.29, 0.717) is 24.4 Å². The molecule has 0 saturated heterocycles. The maximum Gasteiger partial charge on any atom is 0.243 e. The minimum Gasteiger partial charge on any atom is -0.497 e. The van der Waals surface area contributed by atoms with Crippen molar-refractivity contribution in [3.63, 3.8) is 0 Å². The minimum absolute atomic E-state index is 0.0418. The van der Waals surface area contributed by atoms with Gasteiger partial charge in [-0.1, -0.05) is 12.1 Å². The molecule has 1 aromatic rings. The number of alkyl halides is 1. The lowest BCUT2D eigenvalue weighted by molar-refractivity contribution is -0.132. The summed E-state index contributed by atoms with van der Waals surface area (Å²) in [5.74, 6) is 0.189. The Kier molecular flexibility index (Phi) is 7.02. The average Bonchev–Trinajstić information content (AvgIpc) is 2.53. The van der Waals surface area contributed by atoms with Crippen LogP contribution in [0.1, 0.15) is 24.8 Å². The molecular formula is C15H21ClN2O3. The van der Waals surface area contributed by atoms with Gasteiger partial charge in [0.25, 0.3) is 0 Å². The summed E-state index contributed by atoms with van der Waals surface area (Å²) in [5, 5.41) is 1.73. The van der Waals surface area contributed by atoms with Gasteiger partial charge in [-0.2, -0.15) is 0 Å². The van der Waals surface area contributed by atoms with Gasteiger partial charge in [0, 0.05) is 13.1 Å². The van der Waals surface area contributed by atoms with Crippen molar-refractivity contribution in [2.45, 2.75) is 19.2 Å². The van der Waals surface area contributed by atoms with Gasteiger partial charge in [-0.3, -0.25) is 9.59 Å². The maximum absolute atomic E-state index is 12.0. The van der Waals surface area contributed by atoms with Crippen LogP contribution < -0.4 is 10.1 Å². The molecule has 6 heteroatoms. The first kappa shape index (κ1) is 17.3. The van der Waals surface area contributed by atoms with Crippen molar-refractivity contribution in [3.05, 3.63) is 29.8 Å². The molecule has 5 nitrogen and oxygen atoms in total. The number of hydrogen-bond acceptors (Lipinski definition) is 3. The van der Waals surface area contributed by atoms with Crippen LogP contribution in [-0.4, -0.2) is 43.5 Å². The minimum atomic E-state index is -0.833. The fourth-order valence-corrected chi connectivity index (χ4v) is 2.09. The molecule has 1 N–H and O–H groups in total. The van der Waals surface area contributed by atoms with Crippen molar-refractivity contribution < 1.29 is 14.3 Å². The number of likely N-dealkylation sites (N-methyl/N-ethyl adjacent to an activating group) is 1. The summed E-state index contributed by atoms with van der Waals surface area (Å²) in [5.41, 5.74) is 0.658. The Labute approximate surface area is 130 Å². The van der Waals surface area contributed by atoms with Crippen molar-refractivity contribution in [2.24, 2.45) is 0 Å². The van der Waals surface area contributed by atoms with Gasteiger partial charge in [0.2, 0.25) is 11.8 Å². The third-order valence-electron chi connectivity index (χ3n) is 3.17. The molecule has 0 heterocycles. The number of carbonyl (C=O) groups is 2. The molecule has 0 saturated carbocycles. The molecule has 0 radical (unpaired) electrons. The molecule has 0 aliphatic heterocycles. The topological polar surface area (TPSA) is 58.6 Å². The molecule has 1 rings (SSSR count). The molecular weight excluding hydrogens is 292 g/mol. The van der Waals surface area contributed by atoms with Gasteiger partial charge in [-0.25, -0.2) is 0 Å². The Morgan fingerprint density at radius 3 is 2.29 bits per heavy atom. The van der Waals surface area contributed by atoms with Gasteiger partial charge in [0.05, 0.1) is 13.7 Å². The highest BCUT2D eigenvalue weighted by Crippen LogP contribution is 2.22. The van der Waals surface area contributed by atoms with Crippen molar-refractivity contribution in [2.75, 3.05) is 26.7 Å². The molecule has 0 bridgehead atoms. The van der Waals surface area contributed by atoms with E-state index in [0.717, 1.165) is 0 Å². The highest BCUT2D eigenvalue weighted by atomic mass is 35.5. The fourth-order valence-electron chi connectivity index (χ4n) is 1.86. The number of carbonyl (C=O) groups excluding carboxylic acids is 2. The van der Waals surface area contributed by atoms with Crippen LogP contribution in [0.25, 0.3) is 0 Å². The smallest absolute Gasteiger partial charge is 0.243 e. The zero-order chi connectivity index (χ0) is 15.8. The van der Waals surface area contributed by atoms with Gasteiger partial charge in [-0.05, 0) is 31.5 Å². The van der Waals surface area contributed by atoms with Gasteiger partial charge in [-0.15, -0.1) is 11.6 Å². The highest BCUT2D eigenvalue weighted by Gasteiger charge is 2.19.